The second kappa shape index (κ2) is 3.57. The number of hydrogen-bond acceptors (Lipinski definition) is 5. The van der Waals surface area contributed by atoms with Crippen molar-refractivity contribution in [2.75, 3.05) is 0 Å². The largest absolute Gasteiger partial charge is 0.493 e. The van der Waals surface area contributed by atoms with E-state index in [-0.39, 0.29) is 16.8 Å². The topological polar surface area (TPSA) is 73.9 Å². The van der Waals surface area contributed by atoms with Gasteiger partial charge in [-0.15, -0.1) is 5.10 Å². The van der Waals surface area contributed by atoms with Crippen molar-refractivity contribution in [1.82, 2.24) is 10.5 Å². The van der Waals surface area contributed by atoms with Crippen molar-refractivity contribution in [3.8, 4) is 0 Å². The van der Waals surface area contributed by atoms with Crippen molar-refractivity contribution in [3.05, 3.63) is 11.5 Å². The summed E-state index contributed by atoms with van der Waals surface area (Å²) in [5, 5.41) is 15.9. The van der Waals surface area contributed by atoms with Crippen LogP contribution >= 0.6 is 0 Å². The van der Waals surface area contributed by atoms with Gasteiger partial charge < -0.3 is 10.8 Å². The lowest BCUT2D eigenvalue weighted by Gasteiger charge is -2.40. The van der Waals surface area contributed by atoms with Crippen LogP contribution in [0, 0.1) is 5.41 Å². The van der Waals surface area contributed by atoms with Gasteiger partial charge in [0.1, 0.15) is 0 Å². The molecule has 0 aliphatic carbocycles. The Labute approximate surface area is 97.0 Å². The number of aliphatic hydroxyl groups is 1. The monoisotopic (exact) mass is 226 g/mol. The number of rotatable bonds is 0. The van der Waals surface area contributed by atoms with Gasteiger partial charge >= 0.3 is 0 Å². The maximum Gasteiger partial charge on any atom is 0.215 e. The molecule has 0 aromatic rings. The van der Waals surface area contributed by atoms with Gasteiger partial charge in [-0.05, 0) is 26.2 Å². The van der Waals surface area contributed by atoms with E-state index in [9.17, 15) is 5.11 Å². The fourth-order valence-electron chi connectivity index (χ4n) is 1.62. The van der Waals surface area contributed by atoms with E-state index >= 15 is 0 Å². The van der Waals surface area contributed by atoms with Crippen LogP contribution in [0.1, 0.15) is 41.5 Å². The molecule has 0 fully saturated rings. The van der Waals surface area contributed by atoms with Crippen LogP contribution in [-0.4, -0.2) is 21.5 Å². The average Bonchev–Trinajstić information content (AvgIpc) is 1.97. The van der Waals surface area contributed by atoms with Crippen molar-refractivity contribution in [1.29, 1.82) is 0 Å². The van der Waals surface area contributed by atoms with Crippen molar-refractivity contribution in [2.45, 2.75) is 47.1 Å². The molecule has 92 valence electrons. The number of nitrogens with one attached hydrogen (secondary N) is 1. The number of nitrogens with two attached hydrogens (primary N) is 1. The summed E-state index contributed by atoms with van der Waals surface area (Å²) in [5.41, 5.74) is 8.70. The second-order valence-corrected chi connectivity index (χ2v) is 6.05. The fraction of sp³-hybridized carbons (Fsp3) is 0.727. The lowest BCUT2D eigenvalue weighted by atomic mass is 9.85. The molecule has 5 heteroatoms. The van der Waals surface area contributed by atoms with Gasteiger partial charge in [-0.25, -0.2) is 10.5 Å². The van der Waals surface area contributed by atoms with Gasteiger partial charge in [-0.3, -0.25) is 0 Å². The first-order chi connectivity index (χ1) is 7.05. The van der Waals surface area contributed by atoms with Crippen molar-refractivity contribution < 1.29 is 5.11 Å². The Morgan fingerprint density at radius 2 is 1.69 bits per heavy atom. The molecule has 0 saturated heterocycles. The van der Waals surface area contributed by atoms with Gasteiger partial charge in [0.15, 0.2) is 5.84 Å². The summed E-state index contributed by atoms with van der Waals surface area (Å²) >= 11 is 0. The molecule has 1 aliphatic heterocycles. The molecule has 4 N–H and O–H groups in total. The second-order valence-electron chi connectivity index (χ2n) is 6.05. The summed E-state index contributed by atoms with van der Waals surface area (Å²) in [7, 11) is 0. The minimum absolute atomic E-state index is 0.146. The van der Waals surface area contributed by atoms with Gasteiger partial charge in [0, 0.05) is 0 Å². The lowest BCUT2D eigenvalue weighted by molar-refractivity contribution is 0.0463. The first-order valence-corrected chi connectivity index (χ1v) is 5.38. The summed E-state index contributed by atoms with van der Waals surface area (Å²) < 4.78 is 0. The Kier molecular flexibility index (Phi) is 2.83. The molecule has 0 saturated carbocycles. The van der Waals surface area contributed by atoms with E-state index in [2.05, 4.69) is 10.6 Å². The molecule has 16 heavy (non-hydrogen) atoms. The standard InChI is InChI=1S/C11H22N4O/c1-10(2,3)7-8(12)13-14-15(9(7)16)11(4,5)6/h14,16H,1-6H3,(H2,12,13). The summed E-state index contributed by atoms with van der Waals surface area (Å²) in [6.45, 7) is 11.9. The smallest absolute Gasteiger partial charge is 0.215 e. The minimum atomic E-state index is -0.273. The molecule has 0 atom stereocenters. The van der Waals surface area contributed by atoms with E-state index in [0.717, 1.165) is 0 Å². The predicted octanol–water partition coefficient (Wildman–Crippen LogP) is 1.69. The third-order valence-electron chi connectivity index (χ3n) is 2.38. The van der Waals surface area contributed by atoms with Gasteiger partial charge in [-0.2, -0.15) is 0 Å². The average molecular weight is 226 g/mol. The van der Waals surface area contributed by atoms with E-state index in [1.54, 1.807) is 5.01 Å². The predicted molar refractivity (Wildman–Crippen MR) is 65.5 cm³/mol. The lowest BCUT2D eigenvalue weighted by Crippen LogP contribution is -2.52. The third kappa shape index (κ3) is 2.23. The number of hydrazine groups is 1. The van der Waals surface area contributed by atoms with Crippen LogP contribution < -0.4 is 11.3 Å². The van der Waals surface area contributed by atoms with E-state index in [1.807, 2.05) is 41.5 Å². The van der Waals surface area contributed by atoms with E-state index in [1.165, 1.54) is 0 Å². The Bertz CT molecular complexity index is 344. The zero-order chi connectivity index (χ0) is 12.7. The van der Waals surface area contributed by atoms with Crippen LogP contribution in [0.15, 0.2) is 16.6 Å². The Morgan fingerprint density at radius 3 is 2.06 bits per heavy atom. The Hall–Kier alpha value is -1.39. The maximum atomic E-state index is 10.3. The third-order valence-corrected chi connectivity index (χ3v) is 2.38. The summed E-state index contributed by atoms with van der Waals surface area (Å²) in [6.07, 6.45) is 0. The molecule has 0 bridgehead atoms. The SMILES string of the molecule is CC(C)(C)C1=C(O)N(C(C)(C)C)NN=C1N. The molecule has 1 rings (SSSR count). The van der Waals surface area contributed by atoms with E-state index in [4.69, 9.17) is 5.73 Å². The van der Waals surface area contributed by atoms with Crippen LogP contribution in [0.4, 0.5) is 0 Å². The Balaban J connectivity index is 3.24. The molecule has 0 spiro atoms. The molecule has 5 nitrogen and oxygen atoms in total. The molecular formula is C11H22N4O. The van der Waals surface area contributed by atoms with E-state index < -0.39 is 0 Å². The number of amidine groups is 1. The van der Waals surface area contributed by atoms with Gasteiger partial charge in [0.25, 0.3) is 0 Å². The summed E-state index contributed by atoms with van der Waals surface area (Å²) in [4.78, 5) is 0. The van der Waals surface area contributed by atoms with Gasteiger partial charge in [-0.1, -0.05) is 20.8 Å². The summed E-state index contributed by atoms with van der Waals surface area (Å²) in [6, 6.07) is 0. The highest BCUT2D eigenvalue weighted by molar-refractivity contribution is 5.98. The molecule has 0 aromatic heterocycles. The number of nitrogens with zero attached hydrogens (tertiary/aromatic N) is 2. The quantitative estimate of drug-likeness (QED) is 0.587. The molecule has 0 unspecified atom stereocenters. The molecule has 0 amide bonds. The highest BCUT2D eigenvalue weighted by atomic mass is 16.3. The molecular weight excluding hydrogens is 204 g/mol. The number of hydrazone groups is 1. The zero-order valence-electron chi connectivity index (χ0n) is 10.9. The first-order valence-electron chi connectivity index (χ1n) is 5.38. The zero-order valence-corrected chi connectivity index (χ0v) is 10.9. The molecule has 0 radical (unpaired) electrons. The Morgan fingerprint density at radius 1 is 1.19 bits per heavy atom. The van der Waals surface area contributed by atoms with Gasteiger partial charge in [0.05, 0.1) is 11.1 Å². The fourth-order valence-corrected chi connectivity index (χ4v) is 1.62. The van der Waals surface area contributed by atoms with Crippen LogP contribution in [0.25, 0.3) is 0 Å². The highest BCUT2D eigenvalue weighted by Gasteiger charge is 2.35. The molecule has 1 heterocycles. The maximum absolute atomic E-state index is 10.3. The highest BCUT2D eigenvalue weighted by Crippen LogP contribution is 2.32. The molecule has 0 aromatic carbocycles. The van der Waals surface area contributed by atoms with Crippen LogP contribution in [0.3, 0.4) is 0 Å². The molecule has 1 aliphatic rings. The van der Waals surface area contributed by atoms with Crippen LogP contribution in [-0.2, 0) is 0 Å². The van der Waals surface area contributed by atoms with Crippen molar-refractivity contribution >= 4 is 5.84 Å². The number of hydrogen-bond donors (Lipinski definition) is 3. The normalized spacial score (nSPS) is 18.4. The van der Waals surface area contributed by atoms with Gasteiger partial charge in [0.2, 0.25) is 5.88 Å². The van der Waals surface area contributed by atoms with Crippen molar-refractivity contribution in [3.63, 3.8) is 0 Å². The van der Waals surface area contributed by atoms with Crippen LogP contribution in [0.2, 0.25) is 0 Å². The first kappa shape index (κ1) is 12.7. The van der Waals surface area contributed by atoms with Crippen molar-refractivity contribution in [2.24, 2.45) is 16.3 Å². The minimum Gasteiger partial charge on any atom is -0.493 e. The van der Waals surface area contributed by atoms with Crippen LogP contribution in [0.5, 0.6) is 0 Å². The number of aliphatic hydroxyl groups excluding tert-OH is 1. The van der Waals surface area contributed by atoms with E-state index in [0.29, 0.717) is 11.4 Å². The summed E-state index contributed by atoms with van der Waals surface area (Å²) in [5.74, 6) is 0.484.